The molecule has 0 bridgehead atoms. The number of unbranched alkanes of at least 4 members (excludes halogenated alkanes) is 23. The predicted molar refractivity (Wildman–Crippen MR) is 187 cm³/mol. The molecule has 0 aliphatic rings. The second-order valence-electron chi connectivity index (χ2n) is 14.5. The first kappa shape index (κ1) is 40.0. The molecule has 0 saturated carbocycles. The van der Waals surface area contributed by atoms with Crippen LogP contribution in [0.2, 0.25) is 0 Å². The van der Waals surface area contributed by atoms with Gasteiger partial charge in [-0.15, -0.1) is 0 Å². The van der Waals surface area contributed by atoms with E-state index in [1.807, 2.05) is 0 Å². The second-order valence-corrected chi connectivity index (χ2v) is 14.5. The molecule has 0 heteroatoms. The van der Waals surface area contributed by atoms with E-state index in [9.17, 15) is 0 Å². The van der Waals surface area contributed by atoms with Crippen molar-refractivity contribution in [3.8, 4) is 0 Å². The fourth-order valence-corrected chi connectivity index (χ4v) is 6.57. The van der Waals surface area contributed by atoms with Crippen LogP contribution in [0.3, 0.4) is 0 Å². The molecule has 242 valence electrons. The van der Waals surface area contributed by atoms with E-state index in [1.54, 1.807) is 0 Å². The Hall–Kier alpha value is 0. The Kier molecular flexibility index (Phi) is 33.5. The quantitative estimate of drug-likeness (QED) is 0.0684. The third-order valence-corrected chi connectivity index (χ3v) is 10.0. The summed E-state index contributed by atoms with van der Waals surface area (Å²) in [6.45, 7) is 12.1. The highest BCUT2D eigenvalue weighted by atomic mass is 14.1. The van der Waals surface area contributed by atoms with Gasteiger partial charge >= 0.3 is 0 Å². The molecule has 3 atom stereocenters. The van der Waals surface area contributed by atoms with Crippen LogP contribution >= 0.6 is 0 Å². The van der Waals surface area contributed by atoms with Crippen LogP contribution < -0.4 is 0 Å². The molecule has 0 saturated heterocycles. The maximum absolute atomic E-state index is 2.51. The zero-order chi connectivity index (χ0) is 29.4. The molecular formula is C40H82. The third kappa shape index (κ3) is 32.5. The van der Waals surface area contributed by atoms with Crippen LogP contribution in [0.4, 0.5) is 0 Å². The average Bonchev–Trinajstić information content (AvgIpc) is 2.95. The minimum absolute atomic E-state index is 0.943. The average molecular weight is 563 g/mol. The summed E-state index contributed by atoms with van der Waals surface area (Å²) in [6, 6.07) is 0. The van der Waals surface area contributed by atoms with Crippen molar-refractivity contribution in [1.82, 2.24) is 0 Å². The van der Waals surface area contributed by atoms with Crippen molar-refractivity contribution in [2.45, 2.75) is 240 Å². The van der Waals surface area contributed by atoms with Gasteiger partial charge in [-0.1, -0.05) is 240 Å². The molecule has 0 spiro atoms. The summed E-state index contributed by atoms with van der Waals surface area (Å²) in [5, 5.41) is 0. The molecule has 40 heavy (non-hydrogen) atoms. The minimum atomic E-state index is 0.943. The molecule has 3 unspecified atom stereocenters. The van der Waals surface area contributed by atoms with Gasteiger partial charge in [-0.05, 0) is 17.8 Å². The molecule has 0 aliphatic heterocycles. The zero-order valence-corrected chi connectivity index (χ0v) is 29.4. The second kappa shape index (κ2) is 33.5. The molecule has 0 aromatic carbocycles. The van der Waals surface area contributed by atoms with E-state index in [4.69, 9.17) is 0 Å². The SMILES string of the molecule is CCCCCCCCCCCCCCCCCCC(C)CCCCCC(C)CCCCCCCCCC(C)CC. The lowest BCUT2D eigenvalue weighted by atomic mass is 9.93. The first-order valence-electron chi connectivity index (χ1n) is 19.6. The fraction of sp³-hybridized carbons (Fsp3) is 1.00. The van der Waals surface area contributed by atoms with E-state index in [0.29, 0.717) is 0 Å². The van der Waals surface area contributed by atoms with E-state index in [-0.39, 0.29) is 0 Å². The van der Waals surface area contributed by atoms with E-state index in [0.717, 1.165) is 17.8 Å². The first-order valence-corrected chi connectivity index (χ1v) is 19.6. The van der Waals surface area contributed by atoms with Crippen molar-refractivity contribution in [1.29, 1.82) is 0 Å². The fourth-order valence-electron chi connectivity index (χ4n) is 6.57. The highest BCUT2D eigenvalue weighted by Crippen LogP contribution is 2.22. The van der Waals surface area contributed by atoms with Crippen LogP contribution in [0.25, 0.3) is 0 Å². The van der Waals surface area contributed by atoms with E-state index in [2.05, 4.69) is 34.6 Å². The lowest BCUT2D eigenvalue weighted by molar-refractivity contribution is 0.406. The van der Waals surface area contributed by atoms with Gasteiger partial charge in [0.25, 0.3) is 0 Å². The van der Waals surface area contributed by atoms with Gasteiger partial charge in [0.05, 0.1) is 0 Å². The van der Waals surface area contributed by atoms with Crippen molar-refractivity contribution >= 4 is 0 Å². The molecule has 0 rings (SSSR count). The van der Waals surface area contributed by atoms with Gasteiger partial charge in [0.2, 0.25) is 0 Å². The van der Waals surface area contributed by atoms with Crippen LogP contribution in [0.15, 0.2) is 0 Å². The van der Waals surface area contributed by atoms with Crippen LogP contribution in [-0.4, -0.2) is 0 Å². The van der Waals surface area contributed by atoms with Gasteiger partial charge in [-0.2, -0.15) is 0 Å². The molecular weight excluding hydrogens is 480 g/mol. The third-order valence-electron chi connectivity index (χ3n) is 10.0. The Morgan fingerprint density at radius 3 is 0.700 bits per heavy atom. The van der Waals surface area contributed by atoms with Crippen molar-refractivity contribution in [3.63, 3.8) is 0 Å². The molecule has 0 aliphatic carbocycles. The lowest BCUT2D eigenvalue weighted by Gasteiger charge is -2.13. The highest BCUT2D eigenvalue weighted by molar-refractivity contribution is 4.59. The van der Waals surface area contributed by atoms with Crippen molar-refractivity contribution in [2.24, 2.45) is 17.8 Å². The van der Waals surface area contributed by atoms with Crippen LogP contribution in [0.1, 0.15) is 240 Å². The zero-order valence-electron chi connectivity index (χ0n) is 29.4. The molecule has 0 radical (unpaired) electrons. The van der Waals surface area contributed by atoms with Gasteiger partial charge in [0, 0.05) is 0 Å². The van der Waals surface area contributed by atoms with Gasteiger partial charge in [-0.3, -0.25) is 0 Å². The monoisotopic (exact) mass is 563 g/mol. The summed E-state index contributed by atoms with van der Waals surface area (Å²) >= 11 is 0. The van der Waals surface area contributed by atoms with Crippen LogP contribution in [0.5, 0.6) is 0 Å². The smallest absolute Gasteiger partial charge is 0.0443 e. The summed E-state index contributed by atoms with van der Waals surface area (Å²) < 4.78 is 0. The summed E-state index contributed by atoms with van der Waals surface area (Å²) in [6.07, 6.45) is 47.1. The van der Waals surface area contributed by atoms with Gasteiger partial charge < -0.3 is 0 Å². The van der Waals surface area contributed by atoms with Crippen molar-refractivity contribution in [3.05, 3.63) is 0 Å². The number of hydrogen-bond donors (Lipinski definition) is 0. The summed E-state index contributed by atoms with van der Waals surface area (Å²) in [5.41, 5.74) is 0. The summed E-state index contributed by atoms with van der Waals surface area (Å²) in [7, 11) is 0. The predicted octanol–water partition coefficient (Wildman–Crippen LogP) is 15.4. The van der Waals surface area contributed by atoms with Gasteiger partial charge in [0.15, 0.2) is 0 Å². The molecule has 0 aromatic rings. The Morgan fingerprint density at radius 1 is 0.250 bits per heavy atom. The minimum Gasteiger partial charge on any atom is -0.0654 e. The van der Waals surface area contributed by atoms with Crippen molar-refractivity contribution in [2.75, 3.05) is 0 Å². The summed E-state index contributed by atoms with van der Waals surface area (Å²) in [5.74, 6) is 2.86. The Bertz CT molecular complexity index is 439. The lowest BCUT2D eigenvalue weighted by Crippen LogP contribution is -1.97. The first-order chi connectivity index (χ1) is 19.6. The molecule has 0 nitrogen and oxygen atoms in total. The Labute approximate surface area is 257 Å². The maximum atomic E-state index is 2.51. The number of hydrogen-bond acceptors (Lipinski definition) is 0. The molecule has 0 N–H and O–H groups in total. The van der Waals surface area contributed by atoms with Crippen LogP contribution in [0, 0.1) is 17.8 Å². The standard InChI is InChI=1S/C40H82/c1-6-8-9-10-11-12-13-14-15-16-17-18-19-21-25-29-34-39(4)36-31-27-32-37-40(5)35-30-26-23-20-22-24-28-33-38(3)7-2/h38-40H,6-37H2,1-5H3. The number of rotatable bonds is 34. The topological polar surface area (TPSA) is 0 Å². The normalized spacial score (nSPS) is 14.0. The molecule has 0 heterocycles. The summed E-state index contributed by atoms with van der Waals surface area (Å²) in [4.78, 5) is 0. The maximum Gasteiger partial charge on any atom is -0.0443 e. The van der Waals surface area contributed by atoms with E-state index in [1.165, 1.54) is 205 Å². The Balaban J connectivity index is 3.26. The molecule has 0 fully saturated rings. The molecule has 0 aromatic heterocycles. The van der Waals surface area contributed by atoms with Gasteiger partial charge in [0.1, 0.15) is 0 Å². The van der Waals surface area contributed by atoms with Crippen LogP contribution in [-0.2, 0) is 0 Å². The van der Waals surface area contributed by atoms with Gasteiger partial charge in [-0.25, -0.2) is 0 Å². The Morgan fingerprint density at radius 2 is 0.450 bits per heavy atom. The van der Waals surface area contributed by atoms with E-state index < -0.39 is 0 Å². The van der Waals surface area contributed by atoms with Crippen molar-refractivity contribution < 1.29 is 0 Å². The van der Waals surface area contributed by atoms with E-state index >= 15 is 0 Å². The molecule has 0 amide bonds. The largest absolute Gasteiger partial charge is 0.0654 e. The highest BCUT2D eigenvalue weighted by Gasteiger charge is 2.05.